The second kappa shape index (κ2) is 8.89. The van der Waals surface area contributed by atoms with Crippen molar-refractivity contribution in [2.24, 2.45) is 0 Å². The summed E-state index contributed by atoms with van der Waals surface area (Å²) in [7, 11) is 0. The monoisotopic (exact) mass is 468 g/mol. The zero-order chi connectivity index (χ0) is 22.1. The highest BCUT2D eigenvalue weighted by atomic mass is 32.1. The Hall–Kier alpha value is -2.95. The fourth-order valence-corrected chi connectivity index (χ4v) is 5.73. The van der Waals surface area contributed by atoms with Crippen molar-refractivity contribution < 1.29 is 19.1 Å². The van der Waals surface area contributed by atoms with Crippen LogP contribution in [-0.2, 0) is 20.7 Å². The molecule has 2 saturated heterocycles. The number of Topliss-reactive ketones (excluding diaryl/α,β-unsaturated/α-hetero) is 1. The molecule has 2 aliphatic rings. The van der Waals surface area contributed by atoms with Crippen molar-refractivity contribution in [2.45, 2.75) is 31.0 Å². The molecule has 2 fully saturated rings. The molecule has 5 rings (SSSR count). The van der Waals surface area contributed by atoms with Crippen LogP contribution in [0.3, 0.4) is 0 Å². The van der Waals surface area contributed by atoms with Gasteiger partial charge in [-0.25, -0.2) is 4.98 Å². The zero-order valence-electron chi connectivity index (χ0n) is 17.0. The summed E-state index contributed by atoms with van der Waals surface area (Å²) in [6.45, 7) is 0.465. The Balaban J connectivity index is 1.37. The van der Waals surface area contributed by atoms with Crippen LogP contribution in [0.2, 0.25) is 0 Å². The molecular weight excluding hydrogens is 448 g/mol. The van der Waals surface area contributed by atoms with Gasteiger partial charge in [0.1, 0.15) is 29.4 Å². The second-order valence-corrected chi connectivity index (χ2v) is 9.49. The van der Waals surface area contributed by atoms with Crippen LogP contribution in [0.1, 0.15) is 22.5 Å². The van der Waals surface area contributed by atoms with Gasteiger partial charge in [0.2, 0.25) is 5.91 Å². The van der Waals surface area contributed by atoms with E-state index < -0.39 is 18.0 Å². The fraction of sp³-hybridized carbons (Fsp3) is 0.318. The van der Waals surface area contributed by atoms with Crippen LogP contribution in [0.4, 0.5) is 0 Å². The summed E-state index contributed by atoms with van der Waals surface area (Å²) in [5, 5.41) is 7.27. The number of thiophene rings is 1. The SMILES string of the molecule is O=C(NC(Cc1ccncc1)C(=O)N1CCC2OCC(=O)C21)c1csc(-c2cccs2)n1. The lowest BCUT2D eigenvalue weighted by Crippen LogP contribution is -2.53. The molecule has 3 unspecified atom stereocenters. The van der Waals surface area contributed by atoms with E-state index in [1.165, 1.54) is 11.3 Å². The maximum Gasteiger partial charge on any atom is 0.271 e. The molecule has 3 aromatic rings. The first-order valence-electron chi connectivity index (χ1n) is 10.2. The molecule has 0 spiro atoms. The van der Waals surface area contributed by atoms with Crippen LogP contribution in [0, 0.1) is 0 Å². The van der Waals surface area contributed by atoms with Gasteiger partial charge in [-0.05, 0) is 35.6 Å². The molecule has 164 valence electrons. The average molecular weight is 469 g/mol. The van der Waals surface area contributed by atoms with Gasteiger partial charge in [0.25, 0.3) is 5.91 Å². The maximum atomic E-state index is 13.5. The van der Waals surface area contributed by atoms with Crippen molar-refractivity contribution in [3.8, 4) is 9.88 Å². The first kappa shape index (κ1) is 20.9. The molecule has 0 aromatic carbocycles. The third-order valence-electron chi connectivity index (χ3n) is 5.66. The van der Waals surface area contributed by atoms with Gasteiger partial charge in [-0.1, -0.05) is 6.07 Å². The highest BCUT2D eigenvalue weighted by molar-refractivity contribution is 7.20. The summed E-state index contributed by atoms with van der Waals surface area (Å²) >= 11 is 2.94. The lowest BCUT2D eigenvalue weighted by atomic mass is 10.0. The number of ether oxygens (including phenoxy) is 1. The third-order valence-corrected chi connectivity index (χ3v) is 7.54. The summed E-state index contributed by atoms with van der Waals surface area (Å²) in [5.41, 5.74) is 1.13. The maximum absolute atomic E-state index is 13.5. The highest BCUT2D eigenvalue weighted by Crippen LogP contribution is 2.29. The minimum absolute atomic E-state index is 0.0326. The number of thiazole rings is 1. The quantitative estimate of drug-likeness (QED) is 0.595. The number of hydrogen-bond acceptors (Lipinski definition) is 8. The van der Waals surface area contributed by atoms with E-state index in [0.29, 0.717) is 13.0 Å². The Morgan fingerprint density at radius 1 is 1.25 bits per heavy atom. The summed E-state index contributed by atoms with van der Waals surface area (Å²) in [4.78, 5) is 49.8. The smallest absolute Gasteiger partial charge is 0.271 e. The van der Waals surface area contributed by atoms with Gasteiger partial charge in [0.05, 0.1) is 11.0 Å². The number of rotatable bonds is 6. The molecule has 10 heteroatoms. The number of likely N-dealkylation sites (tertiary alicyclic amines) is 1. The zero-order valence-corrected chi connectivity index (χ0v) is 18.6. The number of fused-ring (bicyclic) bond motifs is 1. The van der Waals surface area contributed by atoms with E-state index in [2.05, 4.69) is 15.3 Å². The topological polar surface area (TPSA) is 101 Å². The van der Waals surface area contributed by atoms with Gasteiger partial charge in [-0.15, -0.1) is 22.7 Å². The molecule has 1 N–H and O–H groups in total. The molecule has 3 aromatic heterocycles. The van der Waals surface area contributed by atoms with E-state index in [1.807, 2.05) is 17.5 Å². The van der Waals surface area contributed by atoms with Gasteiger partial charge >= 0.3 is 0 Å². The van der Waals surface area contributed by atoms with Crippen LogP contribution >= 0.6 is 22.7 Å². The van der Waals surface area contributed by atoms with E-state index >= 15 is 0 Å². The predicted molar refractivity (Wildman–Crippen MR) is 119 cm³/mol. The Morgan fingerprint density at radius 2 is 2.09 bits per heavy atom. The van der Waals surface area contributed by atoms with Crippen molar-refractivity contribution in [2.75, 3.05) is 13.2 Å². The van der Waals surface area contributed by atoms with Crippen molar-refractivity contribution in [1.82, 2.24) is 20.2 Å². The summed E-state index contributed by atoms with van der Waals surface area (Å²) < 4.78 is 5.51. The number of nitrogens with zero attached hydrogens (tertiary/aromatic N) is 3. The lowest BCUT2D eigenvalue weighted by molar-refractivity contribution is -0.138. The van der Waals surface area contributed by atoms with E-state index in [0.717, 1.165) is 15.4 Å². The van der Waals surface area contributed by atoms with Crippen molar-refractivity contribution in [3.63, 3.8) is 0 Å². The van der Waals surface area contributed by atoms with Crippen molar-refractivity contribution in [3.05, 3.63) is 58.7 Å². The molecule has 0 radical (unpaired) electrons. The van der Waals surface area contributed by atoms with Crippen molar-refractivity contribution >= 4 is 40.3 Å². The van der Waals surface area contributed by atoms with Gasteiger partial charge in [-0.3, -0.25) is 19.4 Å². The fourth-order valence-electron chi connectivity index (χ4n) is 4.12. The van der Waals surface area contributed by atoms with E-state index in [4.69, 9.17) is 4.74 Å². The van der Waals surface area contributed by atoms with Crippen LogP contribution in [0.15, 0.2) is 47.4 Å². The minimum Gasteiger partial charge on any atom is -0.368 e. The molecule has 2 amide bonds. The normalized spacial score (nSPS) is 20.9. The summed E-state index contributed by atoms with van der Waals surface area (Å²) in [6.07, 6.45) is 3.95. The summed E-state index contributed by atoms with van der Waals surface area (Å²) in [5.74, 6) is -0.786. The number of carbonyl (C=O) groups excluding carboxylic acids is 3. The van der Waals surface area contributed by atoms with Crippen LogP contribution in [-0.4, -0.2) is 63.8 Å². The third kappa shape index (κ3) is 4.08. The van der Waals surface area contributed by atoms with Crippen molar-refractivity contribution in [1.29, 1.82) is 0 Å². The Morgan fingerprint density at radius 3 is 2.88 bits per heavy atom. The van der Waals surface area contributed by atoms with E-state index in [1.54, 1.807) is 46.1 Å². The first-order valence-corrected chi connectivity index (χ1v) is 12.0. The van der Waals surface area contributed by atoms with Gasteiger partial charge in [0.15, 0.2) is 5.78 Å². The first-order chi connectivity index (χ1) is 15.6. The molecule has 0 aliphatic carbocycles. The number of nitrogens with one attached hydrogen (secondary N) is 1. The van der Waals surface area contributed by atoms with Crippen LogP contribution < -0.4 is 5.32 Å². The molecular formula is C22H20N4O4S2. The molecule has 2 aliphatic heterocycles. The Bertz CT molecular complexity index is 1130. The molecule has 32 heavy (non-hydrogen) atoms. The Kier molecular flexibility index (Phi) is 5.81. The number of ketones is 1. The molecule has 0 bridgehead atoms. The van der Waals surface area contributed by atoms with Gasteiger partial charge in [-0.2, -0.15) is 0 Å². The molecule has 5 heterocycles. The number of hydrogen-bond donors (Lipinski definition) is 1. The lowest BCUT2D eigenvalue weighted by Gasteiger charge is -2.27. The number of pyridine rings is 1. The molecule has 8 nitrogen and oxygen atoms in total. The minimum atomic E-state index is -0.830. The van der Waals surface area contributed by atoms with E-state index in [9.17, 15) is 14.4 Å². The highest BCUT2D eigenvalue weighted by Gasteiger charge is 2.48. The predicted octanol–water partition coefficient (Wildman–Crippen LogP) is 2.18. The number of aromatic nitrogens is 2. The molecule has 3 atom stereocenters. The van der Waals surface area contributed by atoms with Gasteiger partial charge < -0.3 is 15.0 Å². The van der Waals surface area contributed by atoms with E-state index in [-0.39, 0.29) is 36.5 Å². The largest absolute Gasteiger partial charge is 0.368 e. The average Bonchev–Trinajstić information content (AvgIpc) is 3.59. The summed E-state index contributed by atoms with van der Waals surface area (Å²) in [6, 6.07) is 6.10. The number of amides is 2. The second-order valence-electron chi connectivity index (χ2n) is 7.68. The van der Waals surface area contributed by atoms with Crippen LogP contribution in [0.5, 0.6) is 0 Å². The number of carbonyl (C=O) groups is 3. The van der Waals surface area contributed by atoms with Gasteiger partial charge in [0, 0.05) is 30.7 Å². The standard InChI is InChI=1S/C22H20N4O4S2/c27-16-11-30-17-5-8-26(19(16)17)22(29)14(10-13-3-6-23-7-4-13)24-20(28)15-12-32-21(25-15)18-2-1-9-31-18/h1-4,6-7,9,12,14,17,19H,5,8,10-11H2,(H,24,28). The molecule has 0 saturated carbocycles. The Labute approximate surface area is 192 Å². The van der Waals surface area contributed by atoms with Crippen LogP contribution in [0.25, 0.3) is 9.88 Å².